The highest BCUT2D eigenvalue weighted by Crippen LogP contribution is 2.19. The van der Waals surface area contributed by atoms with Gasteiger partial charge in [-0.15, -0.1) is 0 Å². The Morgan fingerprint density at radius 3 is 3.05 bits per heavy atom. The van der Waals surface area contributed by atoms with Gasteiger partial charge in [-0.05, 0) is 24.2 Å². The number of hydrogen-bond donors (Lipinski definition) is 2. The molecule has 1 aliphatic rings. The molecule has 0 bridgehead atoms. The Bertz CT molecular complexity index is 454. The van der Waals surface area contributed by atoms with Crippen LogP contribution >= 0.6 is 0 Å². The van der Waals surface area contributed by atoms with E-state index in [2.05, 4.69) is 10.6 Å². The maximum Gasteiger partial charge on any atom is 0.407 e. The number of hydrogen-bond acceptors (Lipinski definition) is 4. The molecule has 1 saturated heterocycles. The van der Waals surface area contributed by atoms with E-state index in [-0.39, 0.29) is 18.5 Å². The fourth-order valence-corrected chi connectivity index (χ4v) is 1.75. The molecule has 1 unspecified atom stereocenters. The second-order valence-electron chi connectivity index (χ2n) is 4.26. The monoisotopic (exact) mass is 268 g/mol. The van der Waals surface area contributed by atoms with Gasteiger partial charge in [0.1, 0.15) is 6.61 Å². The van der Waals surface area contributed by atoms with E-state index >= 15 is 0 Å². The second-order valence-corrected chi connectivity index (χ2v) is 4.26. The van der Waals surface area contributed by atoms with E-state index in [1.54, 1.807) is 12.1 Å². The summed E-state index contributed by atoms with van der Waals surface area (Å²) >= 11 is 0. The Hall–Kier alpha value is -1.82. The van der Waals surface area contributed by atoms with Crippen molar-refractivity contribution in [3.8, 4) is 5.75 Å². The average molecular weight is 268 g/mol. The third-order valence-corrected chi connectivity index (χ3v) is 2.75. The Balaban J connectivity index is 1.88. The van der Waals surface area contributed by atoms with Gasteiger partial charge in [-0.25, -0.2) is 9.18 Å². The van der Waals surface area contributed by atoms with Gasteiger partial charge in [0.2, 0.25) is 0 Å². The minimum Gasteiger partial charge on any atom is -0.487 e. The molecule has 0 spiro atoms. The fourth-order valence-electron chi connectivity index (χ4n) is 1.75. The molecular formula is C13H17FN2O3. The number of nitrogens with one attached hydrogen (secondary N) is 2. The predicted molar refractivity (Wildman–Crippen MR) is 67.5 cm³/mol. The third kappa shape index (κ3) is 3.82. The van der Waals surface area contributed by atoms with Gasteiger partial charge >= 0.3 is 6.09 Å². The summed E-state index contributed by atoms with van der Waals surface area (Å²) in [5.41, 5.74) is 0.862. The quantitative estimate of drug-likeness (QED) is 0.819. The smallest absolute Gasteiger partial charge is 0.407 e. The number of carbonyl (C=O) groups excluding carboxylic acids is 1. The molecule has 104 valence electrons. The number of ether oxygens (including phenoxy) is 2. The van der Waals surface area contributed by atoms with Crippen molar-refractivity contribution in [2.24, 2.45) is 0 Å². The van der Waals surface area contributed by atoms with Crippen molar-refractivity contribution in [2.75, 3.05) is 19.7 Å². The van der Waals surface area contributed by atoms with Gasteiger partial charge in [-0.1, -0.05) is 13.0 Å². The molecule has 1 fully saturated rings. The van der Waals surface area contributed by atoms with E-state index in [0.29, 0.717) is 13.1 Å². The summed E-state index contributed by atoms with van der Waals surface area (Å²) in [5, 5.41) is 5.63. The zero-order valence-electron chi connectivity index (χ0n) is 10.7. The first-order valence-corrected chi connectivity index (χ1v) is 6.25. The van der Waals surface area contributed by atoms with E-state index in [9.17, 15) is 9.18 Å². The van der Waals surface area contributed by atoms with Crippen LogP contribution in [0, 0.1) is 5.82 Å². The van der Waals surface area contributed by atoms with Crippen molar-refractivity contribution >= 4 is 6.09 Å². The standard InChI is InChI=1S/C13H17FN2O3/c1-2-15-6-9-3-4-12(11(14)5-9)18-8-10-7-16-13(17)19-10/h3-5,10,15H,2,6-8H2,1H3,(H,16,17). The van der Waals surface area contributed by atoms with Crippen LogP contribution in [0.15, 0.2) is 18.2 Å². The van der Waals surface area contributed by atoms with Gasteiger partial charge in [0.15, 0.2) is 17.7 Å². The Morgan fingerprint density at radius 1 is 1.58 bits per heavy atom. The van der Waals surface area contributed by atoms with Crippen molar-refractivity contribution < 1.29 is 18.7 Å². The van der Waals surface area contributed by atoms with Gasteiger partial charge < -0.3 is 20.1 Å². The first-order chi connectivity index (χ1) is 9.19. The molecule has 0 radical (unpaired) electrons. The van der Waals surface area contributed by atoms with E-state index in [1.807, 2.05) is 6.92 Å². The normalized spacial score (nSPS) is 18.0. The Morgan fingerprint density at radius 2 is 2.42 bits per heavy atom. The van der Waals surface area contributed by atoms with E-state index < -0.39 is 11.9 Å². The number of benzene rings is 1. The molecule has 1 amide bonds. The molecule has 1 aliphatic heterocycles. The van der Waals surface area contributed by atoms with Crippen molar-refractivity contribution in [1.82, 2.24) is 10.6 Å². The Labute approximate surface area is 111 Å². The van der Waals surface area contributed by atoms with Crippen LogP contribution in [0.5, 0.6) is 5.75 Å². The Kier molecular flexibility index (Phi) is 4.57. The molecule has 1 heterocycles. The molecule has 19 heavy (non-hydrogen) atoms. The first kappa shape index (κ1) is 13.6. The highest BCUT2D eigenvalue weighted by molar-refractivity contribution is 5.69. The van der Waals surface area contributed by atoms with Crippen molar-refractivity contribution in [3.05, 3.63) is 29.6 Å². The summed E-state index contributed by atoms with van der Waals surface area (Å²) in [7, 11) is 0. The van der Waals surface area contributed by atoms with Crippen molar-refractivity contribution in [2.45, 2.75) is 19.6 Å². The van der Waals surface area contributed by atoms with Crippen LogP contribution in [0.25, 0.3) is 0 Å². The molecule has 1 atom stereocenters. The average Bonchev–Trinajstić information content (AvgIpc) is 2.81. The zero-order chi connectivity index (χ0) is 13.7. The molecule has 0 aromatic heterocycles. The highest BCUT2D eigenvalue weighted by atomic mass is 19.1. The SMILES string of the molecule is CCNCc1ccc(OCC2CNC(=O)O2)c(F)c1. The molecule has 1 aromatic rings. The highest BCUT2D eigenvalue weighted by Gasteiger charge is 2.23. The van der Waals surface area contributed by atoms with Crippen LogP contribution in [0.4, 0.5) is 9.18 Å². The summed E-state index contributed by atoms with van der Waals surface area (Å²) in [6.07, 6.45) is -0.830. The molecule has 1 aromatic carbocycles. The van der Waals surface area contributed by atoms with Gasteiger partial charge in [-0.3, -0.25) is 0 Å². The van der Waals surface area contributed by atoms with Crippen LogP contribution in [0.1, 0.15) is 12.5 Å². The van der Waals surface area contributed by atoms with Crippen LogP contribution in [-0.2, 0) is 11.3 Å². The van der Waals surface area contributed by atoms with E-state index in [1.165, 1.54) is 6.07 Å². The minimum atomic E-state index is -0.463. The number of rotatable bonds is 6. The number of amides is 1. The van der Waals surface area contributed by atoms with E-state index in [4.69, 9.17) is 9.47 Å². The first-order valence-electron chi connectivity index (χ1n) is 6.25. The maximum atomic E-state index is 13.8. The fraction of sp³-hybridized carbons (Fsp3) is 0.462. The summed E-state index contributed by atoms with van der Waals surface area (Å²) in [6, 6.07) is 4.84. The molecule has 0 saturated carbocycles. The second kappa shape index (κ2) is 6.38. The number of alkyl carbamates (subject to hydrolysis) is 1. The maximum absolute atomic E-state index is 13.8. The van der Waals surface area contributed by atoms with Crippen LogP contribution in [0.3, 0.4) is 0 Å². The van der Waals surface area contributed by atoms with Crippen LogP contribution in [-0.4, -0.2) is 31.9 Å². The number of cyclic esters (lactones) is 1. The van der Waals surface area contributed by atoms with Gasteiger partial charge in [-0.2, -0.15) is 0 Å². The largest absolute Gasteiger partial charge is 0.487 e. The van der Waals surface area contributed by atoms with Gasteiger partial charge in [0.05, 0.1) is 6.54 Å². The lowest BCUT2D eigenvalue weighted by Gasteiger charge is -2.11. The lowest BCUT2D eigenvalue weighted by Crippen LogP contribution is -2.22. The summed E-state index contributed by atoms with van der Waals surface area (Å²) in [5.74, 6) is -0.240. The molecular weight excluding hydrogens is 251 g/mol. The van der Waals surface area contributed by atoms with Gasteiger partial charge in [0, 0.05) is 6.54 Å². The molecule has 2 rings (SSSR count). The van der Waals surface area contributed by atoms with Gasteiger partial charge in [0.25, 0.3) is 0 Å². The minimum absolute atomic E-state index is 0.141. The van der Waals surface area contributed by atoms with Crippen molar-refractivity contribution in [1.29, 1.82) is 0 Å². The third-order valence-electron chi connectivity index (χ3n) is 2.75. The molecule has 6 heteroatoms. The summed E-state index contributed by atoms with van der Waals surface area (Å²) in [4.78, 5) is 10.8. The summed E-state index contributed by atoms with van der Waals surface area (Å²) < 4.78 is 24.0. The number of halogens is 1. The number of carbonyl (C=O) groups is 1. The predicted octanol–water partition coefficient (Wildman–Crippen LogP) is 1.42. The molecule has 0 aliphatic carbocycles. The summed E-state index contributed by atoms with van der Waals surface area (Å²) in [6.45, 7) is 3.98. The van der Waals surface area contributed by atoms with Crippen molar-refractivity contribution in [3.63, 3.8) is 0 Å². The lowest BCUT2D eigenvalue weighted by molar-refractivity contribution is 0.103. The van der Waals surface area contributed by atoms with Crippen LogP contribution in [0.2, 0.25) is 0 Å². The van der Waals surface area contributed by atoms with E-state index in [0.717, 1.165) is 12.1 Å². The van der Waals surface area contributed by atoms with Crippen LogP contribution < -0.4 is 15.4 Å². The lowest BCUT2D eigenvalue weighted by atomic mass is 10.2. The molecule has 5 nitrogen and oxygen atoms in total. The zero-order valence-corrected chi connectivity index (χ0v) is 10.7. The molecule has 2 N–H and O–H groups in total. The topological polar surface area (TPSA) is 59.6 Å².